The topological polar surface area (TPSA) is 147 Å². The van der Waals surface area contributed by atoms with Crippen LogP contribution >= 0.6 is 0 Å². The quantitative estimate of drug-likeness (QED) is 0.241. The predicted molar refractivity (Wildman–Crippen MR) is 59.5 cm³/mol. The van der Waals surface area contributed by atoms with Gasteiger partial charge in [-0.2, -0.15) is 0 Å². The van der Waals surface area contributed by atoms with Crippen molar-refractivity contribution in [3.05, 3.63) is 5.69 Å². The first-order valence-electron chi connectivity index (χ1n) is 5.47. The van der Waals surface area contributed by atoms with E-state index in [1.807, 2.05) is 0 Å². The third kappa shape index (κ3) is 2.73. The third-order valence-corrected chi connectivity index (χ3v) is 2.71. The molecule has 1 aliphatic rings. The molecule has 1 saturated heterocycles. The van der Waals surface area contributed by atoms with Crippen molar-refractivity contribution in [2.75, 3.05) is 26.3 Å². The molecule has 104 valence electrons. The maximum Gasteiger partial charge on any atom is 0.287 e. The van der Waals surface area contributed by atoms with E-state index in [0.29, 0.717) is 13.1 Å². The number of aromatic nitrogens is 2. The summed E-state index contributed by atoms with van der Waals surface area (Å²) >= 11 is 0. The maximum absolute atomic E-state index is 11.1. The highest BCUT2D eigenvalue weighted by atomic mass is 16.6. The summed E-state index contributed by atoms with van der Waals surface area (Å²) < 4.78 is 9.76. The highest BCUT2D eigenvalue weighted by molar-refractivity contribution is 5.96. The van der Waals surface area contributed by atoms with Gasteiger partial charge in [-0.1, -0.05) is 5.16 Å². The van der Waals surface area contributed by atoms with Crippen LogP contribution in [0.4, 0.5) is 0 Å². The van der Waals surface area contributed by atoms with E-state index in [-0.39, 0.29) is 35.8 Å². The number of ether oxygens (including phenoxy) is 1. The van der Waals surface area contributed by atoms with E-state index in [2.05, 4.69) is 20.1 Å². The lowest BCUT2D eigenvalue weighted by atomic mass is 10.0. The van der Waals surface area contributed by atoms with Crippen molar-refractivity contribution in [1.82, 2.24) is 15.2 Å². The molecule has 10 nitrogen and oxygen atoms in total. The number of likely N-dealkylation sites (tertiary alicyclic amines) is 1. The van der Waals surface area contributed by atoms with Crippen LogP contribution < -0.4 is 10.5 Å². The number of hydrogen-bond acceptors (Lipinski definition) is 8. The molecule has 1 fully saturated rings. The number of nitrogens with two attached hydrogens (primary N) is 1. The van der Waals surface area contributed by atoms with Gasteiger partial charge in [-0.15, -0.1) is 0 Å². The minimum Gasteiger partial charge on any atom is -0.473 e. The van der Waals surface area contributed by atoms with Gasteiger partial charge in [-0.3, -0.25) is 4.79 Å². The number of nitrogens with zero attached hydrogens (tertiary/aromatic N) is 4. The molecule has 4 N–H and O–H groups in total. The summed E-state index contributed by atoms with van der Waals surface area (Å²) in [6, 6.07) is 0. The largest absolute Gasteiger partial charge is 0.473 e. The lowest BCUT2D eigenvalue weighted by Gasteiger charge is -2.38. The second kappa shape index (κ2) is 5.52. The van der Waals surface area contributed by atoms with Crippen molar-refractivity contribution >= 4 is 11.7 Å². The monoisotopic (exact) mass is 271 g/mol. The molecular formula is C9H13N5O5. The van der Waals surface area contributed by atoms with Crippen molar-refractivity contribution in [1.29, 1.82) is 0 Å². The second-order valence-corrected chi connectivity index (χ2v) is 4.04. The van der Waals surface area contributed by atoms with Gasteiger partial charge in [-0.25, -0.2) is 4.63 Å². The number of aliphatic hydroxyl groups is 1. The van der Waals surface area contributed by atoms with E-state index in [0.717, 1.165) is 0 Å². The first-order chi connectivity index (χ1) is 9.15. The van der Waals surface area contributed by atoms with Gasteiger partial charge in [0.05, 0.1) is 6.61 Å². The fourth-order valence-electron chi connectivity index (χ4n) is 1.65. The van der Waals surface area contributed by atoms with Crippen LogP contribution in [0.1, 0.15) is 5.69 Å². The third-order valence-electron chi connectivity index (χ3n) is 2.71. The molecule has 1 amide bonds. The van der Waals surface area contributed by atoms with Gasteiger partial charge in [0.15, 0.2) is 5.84 Å². The molecule has 0 radical (unpaired) electrons. The maximum atomic E-state index is 11.1. The van der Waals surface area contributed by atoms with Gasteiger partial charge in [-0.05, 0) is 10.3 Å². The summed E-state index contributed by atoms with van der Waals surface area (Å²) in [5.41, 5.74) is 5.37. The Kier molecular flexibility index (Phi) is 3.80. The Balaban J connectivity index is 1.82. The fourth-order valence-corrected chi connectivity index (χ4v) is 1.65. The lowest BCUT2D eigenvalue weighted by Crippen LogP contribution is -2.53. The molecular weight excluding hydrogens is 258 g/mol. The number of carbonyl (C=O) groups is 1. The molecule has 1 aliphatic heterocycles. The zero-order valence-electron chi connectivity index (χ0n) is 9.89. The number of amidine groups is 1. The molecule has 19 heavy (non-hydrogen) atoms. The van der Waals surface area contributed by atoms with E-state index >= 15 is 0 Å². The first kappa shape index (κ1) is 13.1. The Labute approximate surface area is 107 Å². The van der Waals surface area contributed by atoms with Gasteiger partial charge in [0, 0.05) is 19.0 Å². The lowest BCUT2D eigenvalue weighted by molar-refractivity contribution is -0.141. The molecule has 1 aromatic heterocycles. The molecule has 0 aliphatic carbocycles. The number of aliphatic hydroxyl groups excluding tert-OH is 1. The summed E-state index contributed by atoms with van der Waals surface area (Å²) in [5.74, 6) is -0.409. The van der Waals surface area contributed by atoms with Crippen LogP contribution in [-0.2, 0) is 4.79 Å². The van der Waals surface area contributed by atoms with Gasteiger partial charge < -0.3 is 25.7 Å². The Morgan fingerprint density at radius 3 is 2.95 bits per heavy atom. The first-order valence-corrected chi connectivity index (χ1v) is 5.47. The molecule has 0 unspecified atom stereocenters. The average Bonchev–Trinajstić information content (AvgIpc) is 2.83. The van der Waals surface area contributed by atoms with E-state index < -0.39 is 6.61 Å². The van der Waals surface area contributed by atoms with Gasteiger partial charge >= 0.3 is 0 Å². The van der Waals surface area contributed by atoms with Gasteiger partial charge in [0.2, 0.25) is 11.6 Å². The minimum atomic E-state index is -0.492. The SMILES string of the molecule is N/C(=N\O)c1nonc1OCC1CN(C(=O)CO)C1. The van der Waals surface area contributed by atoms with Crippen LogP contribution in [0.5, 0.6) is 5.88 Å². The number of rotatable bonds is 5. The van der Waals surface area contributed by atoms with Crippen LogP contribution in [0.25, 0.3) is 0 Å². The molecule has 0 bridgehead atoms. The molecule has 0 spiro atoms. The fraction of sp³-hybridized carbons (Fsp3) is 0.556. The van der Waals surface area contributed by atoms with Crippen molar-refractivity contribution in [2.24, 2.45) is 16.8 Å². The van der Waals surface area contributed by atoms with Crippen LogP contribution in [0, 0.1) is 5.92 Å². The van der Waals surface area contributed by atoms with E-state index in [4.69, 9.17) is 20.8 Å². The highest BCUT2D eigenvalue weighted by Crippen LogP contribution is 2.18. The number of hydrogen-bond donors (Lipinski definition) is 3. The molecule has 2 rings (SSSR count). The van der Waals surface area contributed by atoms with E-state index in [1.54, 1.807) is 0 Å². The summed E-state index contributed by atoms with van der Waals surface area (Å²) in [4.78, 5) is 12.6. The zero-order valence-corrected chi connectivity index (χ0v) is 9.89. The molecule has 0 saturated carbocycles. The number of carbonyl (C=O) groups excluding carboxylic acids is 1. The van der Waals surface area contributed by atoms with Gasteiger partial charge in [0.1, 0.15) is 6.61 Å². The van der Waals surface area contributed by atoms with Crippen molar-refractivity contribution in [2.45, 2.75) is 0 Å². The predicted octanol–water partition coefficient (Wildman–Crippen LogP) is -2.01. The Bertz CT molecular complexity index is 481. The van der Waals surface area contributed by atoms with Crippen LogP contribution in [-0.4, -0.2) is 63.6 Å². The van der Waals surface area contributed by atoms with Crippen LogP contribution in [0.2, 0.25) is 0 Å². The van der Waals surface area contributed by atoms with E-state index in [1.165, 1.54) is 4.90 Å². The Hall–Kier alpha value is -2.36. The average molecular weight is 271 g/mol. The van der Waals surface area contributed by atoms with Gasteiger partial charge in [0.25, 0.3) is 5.88 Å². The molecule has 10 heteroatoms. The van der Waals surface area contributed by atoms with Crippen molar-refractivity contribution in [3.63, 3.8) is 0 Å². The highest BCUT2D eigenvalue weighted by Gasteiger charge is 2.31. The summed E-state index contributed by atoms with van der Waals surface area (Å²) in [6.45, 7) is 0.802. The summed E-state index contributed by atoms with van der Waals surface area (Å²) in [6.07, 6.45) is 0. The van der Waals surface area contributed by atoms with E-state index in [9.17, 15) is 4.79 Å². The molecule has 0 atom stereocenters. The molecule has 0 aromatic carbocycles. The molecule has 1 aromatic rings. The normalized spacial score (nSPS) is 16.3. The number of oxime groups is 1. The summed E-state index contributed by atoms with van der Waals surface area (Å²) in [5, 5.41) is 26.9. The zero-order chi connectivity index (χ0) is 13.8. The van der Waals surface area contributed by atoms with Crippen molar-refractivity contribution < 1.29 is 24.5 Å². The second-order valence-electron chi connectivity index (χ2n) is 4.04. The van der Waals surface area contributed by atoms with Crippen LogP contribution in [0.15, 0.2) is 9.78 Å². The standard InChI is InChI=1S/C9H13N5O5/c10-8(11-17)7-9(13-19-12-7)18-4-5-1-14(2-5)6(16)3-15/h5,15,17H,1-4H2,(H2,10,11). The Morgan fingerprint density at radius 1 is 1.58 bits per heavy atom. The Morgan fingerprint density at radius 2 is 2.32 bits per heavy atom. The molecule has 2 heterocycles. The van der Waals surface area contributed by atoms with Crippen LogP contribution in [0.3, 0.4) is 0 Å². The number of amides is 1. The minimum absolute atomic E-state index is 0.0186. The smallest absolute Gasteiger partial charge is 0.287 e. The summed E-state index contributed by atoms with van der Waals surface area (Å²) in [7, 11) is 0. The van der Waals surface area contributed by atoms with Crippen molar-refractivity contribution in [3.8, 4) is 5.88 Å².